The van der Waals surface area contributed by atoms with Crippen molar-refractivity contribution in [1.29, 1.82) is 0 Å². The number of amides is 1. The second-order valence-corrected chi connectivity index (χ2v) is 7.94. The molecule has 0 atom stereocenters. The van der Waals surface area contributed by atoms with Gasteiger partial charge in [-0.15, -0.1) is 0 Å². The molecular weight excluding hydrogens is 364 g/mol. The second-order valence-electron chi connectivity index (χ2n) is 6.29. The summed E-state index contributed by atoms with van der Waals surface area (Å²) in [7, 11) is -2.37. The molecule has 0 heterocycles. The Bertz CT molecular complexity index is 906. The van der Waals surface area contributed by atoms with Crippen molar-refractivity contribution in [3.63, 3.8) is 0 Å². The van der Waals surface area contributed by atoms with Crippen molar-refractivity contribution >= 4 is 27.3 Å². The molecule has 2 aromatic carbocycles. The first-order chi connectivity index (χ1) is 12.8. The summed E-state index contributed by atoms with van der Waals surface area (Å²) in [5, 5.41) is 2.81. The van der Waals surface area contributed by atoms with Crippen LogP contribution in [-0.2, 0) is 14.8 Å². The molecule has 0 aliphatic carbocycles. The highest BCUT2D eigenvalue weighted by Gasteiger charge is 2.21. The van der Waals surface area contributed by atoms with Crippen LogP contribution < -0.4 is 14.8 Å². The quantitative estimate of drug-likeness (QED) is 0.708. The molecule has 0 aliphatic heterocycles. The zero-order valence-corrected chi connectivity index (χ0v) is 16.9. The number of anilines is 2. The number of ether oxygens (including phenoxy) is 1. The number of para-hydroxylation sites is 2. The van der Waals surface area contributed by atoms with Gasteiger partial charge in [-0.3, -0.25) is 9.52 Å². The third kappa shape index (κ3) is 5.01. The van der Waals surface area contributed by atoms with Crippen LogP contribution in [0.5, 0.6) is 5.75 Å². The smallest absolute Gasteiger partial charge is 0.262 e. The fraction of sp³-hybridized carbons (Fsp3) is 0.350. The zero-order valence-electron chi connectivity index (χ0n) is 16.1. The van der Waals surface area contributed by atoms with E-state index in [1.807, 2.05) is 13.8 Å². The molecule has 7 heteroatoms. The molecule has 2 rings (SSSR count). The predicted octanol–water partition coefficient (Wildman–Crippen LogP) is 4.18. The predicted molar refractivity (Wildman–Crippen MR) is 108 cm³/mol. The van der Waals surface area contributed by atoms with Crippen molar-refractivity contribution < 1.29 is 17.9 Å². The van der Waals surface area contributed by atoms with Crippen molar-refractivity contribution in [1.82, 2.24) is 0 Å². The summed E-state index contributed by atoms with van der Waals surface area (Å²) < 4.78 is 33.5. The Morgan fingerprint density at radius 2 is 1.78 bits per heavy atom. The molecular formula is C20H26N2O4S. The molecule has 0 aromatic heterocycles. The summed E-state index contributed by atoms with van der Waals surface area (Å²) in [6.07, 6.45) is 1.46. The number of hydrogen-bond acceptors (Lipinski definition) is 4. The van der Waals surface area contributed by atoms with Crippen LogP contribution in [0, 0.1) is 12.8 Å². The molecule has 0 saturated carbocycles. The summed E-state index contributed by atoms with van der Waals surface area (Å²) in [4.78, 5) is 12.4. The van der Waals surface area contributed by atoms with Crippen LogP contribution in [-0.4, -0.2) is 21.4 Å². The number of rotatable bonds is 8. The lowest BCUT2D eigenvalue weighted by Gasteiger charge is -2.16. The van der Waals surface area contributed by atoms with Crippen molar-refractivity contribution in [3.8, 4) is 5.75 Å². The lowest BCUT2D eigenvalue weighted by molar-refractivity contribution is -0.120. The maximum absolute atomic E-state index is 12.9. The van der Waals surface area contributed by atoms with E-state index < -0.39 is 10.0 Å². The Hall–Kier alpha value is -2.54. The van der Waals surface area contributed by atoms with Crippen molar-refractivity contribution in [2.75, 3.05) is 17.1 Å². The number of carbonyl (C=O) groups excluding carboxylic acids is 1. The maximum atomic E-state index is 12.9. The van der Waals surface area contributed by atoms with E-state index in [-0.39, 0.29) is 16.7 Å². The van der Waals surface area contributed by atoms with Gasteiger partial charge in [-0.25, -0.2) is 8.42 Å². The highest BCUT2D eigenvalue weighted by molar-refractivity contribution is 7.92. The summed E-state index contributed by atoms with van der Waals surface area (Å²) in [5.41, 5.74) is 1.39. The summed E-state index contributed by atoms with van der Waals surface area (Å²) in [6.45, 7) is 5.62. The van der Waals surface area contributed by atoms with Gasteiger partial charge in [0.25, 0.3) is 10.0 Å². The minimum atomic E-state index is -3.85. The number of carbonyl (C=O) groups is 1. The van der Waals surface area contributed by atoms with E-state index in [4.69, 9.17) is 4.74 Å². The van der Waals surface area contributed by atoms with Crippen molar-refractivity contribution in [2.45, 2.75) is 38.5 Å². The third-order valence-electron chi connectivity index (χ3n) is 4.45. The molecule has 0 bridgehead atoms. The molecule has 1 amide bonds. The van der Waals surface area contributed by atoms with Crippen LogP contribution in [0.2, 0.25) is 0 Å². The fourth-order valence-electron chi connectivity index (χ4n) is 2.80. The first kappa shape index (κ1) is 20.8. The molecule has 27 heavy (non-hydrogen) atoms. The number of methoxy groups -OCH3 is 1. The first-order valence-corrected chi connectivity index (χ1v) is 10.4. The molecule has 0 aliphatic rings. The molecule has 0 fully saturated rings. The molecule has 2 N–H and O–H groups in total. The van der Waals surface area contributed by atoms with Crippen LogP contribution in [0.1, 0.15) is 32.3 Å². The molecule has 2 aromatic rings. The third-order valence-corrected chi connectivity index (χ3v) is 5.96. The van der Waals surface area contributed by atoms with Crippen molar-refractivity contribution in [3.05, 3.63) is 48.0 Å². The van der Waals surface area contributed by atoms with Crippen LogP contribution in [0.25, 0.3) is 0 Å². The first-order valence-electron chi connectivity index (χ1n) is 8.89. The molecule has 0 radical (unpaired) electrons. The number of sulfonamides is 1. The van der Waals surface area contributed by atoms with Crippen LogP contribution in [0.3, 0.4) is 0 Å². The topological polar surface area (TPSA) is 84.5 Å². The highest BCUT2D eigenvalue weighted by Crippen LogP contribution is 2.28. The number of hydrogen-bond donors (Lipinski definition) is 2. The standard InChI is InChI=1S/C20H26N2O4S/c1-5-15(6-2)20(23)21-16-12-11-14(3)19(13-16)27(24,25)22-17-9-7-8-10-18(17)26-4/h7-13,15,22H,5-6H2,1-4H3,(H,21,23). The van der Waals surface area contributed by atoms with Gasteiger partial charge in [-0.1, -0.05) is 32.0 Å². The van der Waals surface area contributed by atoms with E-state index in [9.17, 15) is 13.2 Å². The summed E-state index contributed by atoms with van der Waals surface area (Å²) in [6, 6.07) is 11.7. The molecule has 6 nitrogen and oxygen atoms in total. The lowest BCUT2D eigenvalue weighted by atomic mass is 10.0. The average Bonchev–Trinajstić information content (AvgIpc) is 2.64. The molecule has 146 valence electrons. The summed E-state index contributed by atoms with van der Waals surface area (Å²) >= 11 is 0. The monoisotopic (exact) mass is 390 g/mol. The number of aryl methyl sites for hydroxylation is 1. The molecule has 0 spiro atoms. The van der Waals surface area contributed by atoms with Gasteiger partial charge in [0.1, 0.15) is 5.75 Å². The van der Waals surface area contributed by atoms with Gasteiger partial charge in [-0.2, -0.15) is 0 Å². The van der Waals surface area contributed by atoms with Crippen LogP contribution >= 0.6 is 0 Å². The largest absolute Gasteiger partial charge is 0.495 e. The maximum Gasteiger partial charge on any atom is 0.262 e. The van der Waals surface area contributed by atoms with E-state index >= 15 is 0 Å². The number of benzene rings is 2. The van der Waals surface area contributed by atoms with Gasteiger partial charge in [0.05, 0.1) is 17.7 Å². The lowest BCUT2D eigenvalue weighted by Crippen LogP contribution is -2.22. The van der Waals surface area contributed by atoms with Crippen LogP contribution in [0.4, 0.5) is 11.4 Å². The Morgan fingerprint density at radius 3 is 2.41 bits per heavy atom. The normalized spacial score (nSPS) is 11.3. The Balaban J connectivity index is 2.32. The van der Waals surface area contributed by atoms with E-state index in [0.29, 0.717) is 22.7 Å². The van der Waals surface area contributed by atoms with Gasteiger partial charge in [-0.05, 0) is 49.6 Å². The van der Waals surface area contributed by atoms with E-state index in [2.05, 4.69) is 10.0 Å². The Morgan fingerprint density at radius 1 is 1.11 bits per heavy atom. The Kier molecular flexibility index (Phi) is 6.85. The minimum Gasteiger partial charge on any atom is -0.495 e. The van der Waals surface area contributed by atoms with E-state index in [1.165, 1.54) is 13.2 Å². The average molecular weight is 391 g/mol. The Labute approximate surface area is 161 Å². The van der Waals surface area contributed by atoms with Gasteiger partial charge < -0.3 is 10.1 Å². The van der Waals surface area contributed by atoms with Gasteiger partial charge in [0.2, 0.25) is 5.91 Å². The van der Waals surface area contributed by atoms with Gasteiger partial charge in [0.15, 0.2) is 0 Å². The highest BCUT2D eigenvalue weighted by atomic mass is 32.2. The molecule has 0 unspecified atom stereocenters. The van der Waals surface area contributed by atoms with Gasteiger partial charge in [0, 0.05) is 11.6 Å². The zero-order chi connectivity index (χ0) is 20.0. The van der Waals surface area contributed by atoms with Gasteiger partial charge >= 0.3 is 0 Å². The van der Waals surface area contributed by atoms with E-state index in [0.717, 1.165) is 12.8 Å². The molecule has 0 saturated heterocycles. The fourth-order valence-corrected chi connectivity index (χ4v) is 4.14. The SMILES string of the molecule is CCC(CC)C(=O)Nc1ccc(C)c(S(=O)(=O)Nc2ccccc2OC)c1. The summed E-state index contributed by atoms with van der Waals surface area (Å²) in [5.74, 6) is 0.222. The number of nitrogens with one attached hydrogen (secondary N) is 2. The van der Waals surface area contributed by atoms with Crippen LogP contribution in [0.15, 0.2) is 47.4 Å². The van der Waals surface area contributed by atoms with E-state index in [1.54, 1.807) is 43.3 Å². The van der Waals surface area contributed by atoms with Crippen molar-refractivity contribution in [2.24, 2.45) is 5.92 Å². The minimum absolute atomic E-state index is 0.0990. The second kappa shape index (κ2) is 8.90.